The first kappa shape index (κ1) is 12.5. The summed E-state index contributed by atoms with van der Waals surface area (Å²) >= 11 is 14.2. The van der Waals surface area contributed by atoms with Crippen LogP contribution in [0.5, 0.6) is 0 Å². The average molecular weight is 277 g/mol. The molecule has 0 aliphatic carbocycles. The van der Waals surface area contributed by atoms with Crippen molar-refractivity contribution in [1.29, 1.82) is 0 Å². The minimum Gasteiger partial charge on any atom is -0.220 e. The fraction of sp³-hybridized carbons (Fsp3) is 0.636. The van der Waals surface area contributed by atoms with Gasteiger partial charge in [-0.25, -0.2) is 9.97 Å². The molecule has 16 heavy (non-hydrogen) atoms. The van der Waals surface area contributed by atoms with Crippen molar-refractivity contribution in [1.82, 2.24) is 9.97 Å². The van der Waals surface area contributed by atoms with Crippen molar-refractivity contribution in [3.8, 4) is 0 Å². The molecule has 1 aromatic rings. The summed E-state index contributed by atoms with van der Waals surface area (Å²) in [5.41, 5.74) is 0.887. The third-order valence-electron chi connectivity index (χ3n) is 2.64. The molecule has 2 rings (SSSR count). The van der Waals surface area contributed by atoms with E-state index in [9.17, 15) is 0 Å². The van der Waals surface area contributed by atoms with Gasteiger partial charge < -0.3 is 0 Å². The third kappa shape index (κ3) is 2.63. The maximum absolute atomic E-state index is 6.15. The fourth-order valence-corrected chi connectivity index (χ4v) is 3.62. The Bertz CT molecular complexity index is 355. The van der Waals surface area contributed by atoms with Crippen molar-refractivity contribution < 1.29 is 0 Å². The Morgan fingerprint density at radius 2 is 2.00 bits per heavy atom. The van der Waals surface area contributed by atoms with Gasteiger partial charge in [-0.05, 0) is 25.0 Å². The summed E-state index contributed by atoms with van der Waals surface area (Å²) in [5.74, 6) is 1.98. The van der Waals surface area contributed by atoms with E-state index in [2.05, 4.69) is 16.9 Å². The van der Waals surface area contributed by atoms with Crippen molar-refractivity contribution in [2.45, 2.75) is 37.9 Å². The lowest BCUT2D eigenvalue weighted by atomic mass is 10.2. The zero-order chi connectivity index (χ0) is 11.5. The summed E-state index contributed by atoms with van der Waals surface area (Å²) in [6.07, 6.45) is 4.20. The van der Waals surface area contributed by atoms with Crippen molar-refractivity contribution >= 4 is 35.0 Å². The molecule has 1 aliphatic heterocycles. The number of nitrogens with zero attached hydrogens (tertiary/aromatic N) is 2. The van der Waals surface area contributed by atoms with Crippen LogP contribution < -0.4 is 0 Å². The first-order valence-corrected chi connectivity index (χ1v) is 7.36. The highest BCUT2D eigenvalue weighted by atomic mass is 35.5. The lowest BCUT2D eigenvalue weighted by Gasteiger charge is -2.10. The monoisotopic (exact) mass is 276 g/mol. The Kier molecular flexibility index (Phi) is 4.34. The molecule has 1 aromatic heterocycles. The zero-order valence-electron chi connectivity index (χ0n) is 9.17. The first-order chi connectivity index (χ1) is 7.72. The standard InChI is InChI=1S/C11H14Cl2N2S/c1-2-4-7-9(12)14-11(15-10(7)13)8-5-3-6-16-8/h8H,2-6H2,1H3. The Morgan fingerprint density at radius 3 is 2.50 bits per heavy atom. The van der Waals surface area contributed by atoms with Crippen LogP contribution in [0.2, 0.25) is 10.3 Å². The van der Waals surface area contributed by atoms with Crippen LogP contribution in [0.1, 0.15) is 42.8 Å². The van der Waals surface area contributed by atoms with Crippen molar-refractivity contribution in [2.75, 3.05) is 5.75 Å². The number of aromatic nitrogens is 2. The van der Waals surface area contributed by atoms with Gasteiger partial charge in [0, 0.05) is 5.56 Å². The SMILES string of the molecule is CCCc1c(Cl)nc(C2CCCS2)nc1Cl. The summed E-state index contributed by atoms with van der Waals surface area (Å²) in [6.45, 7) is 2.09. The molecule has 0 saturated carbocycles. The van der Waals surface area contributed by atoms with Gasteiger partial charge in [0.15, 0.2) is 0 Å². The first-order valence-electron chi connectivity index (χ1n) is 5.55. The van der Waals surface area contributed by atoms with E-state index in [1.807, 2.05) is 11.8 Å². The quantitative estimate of drug-likeness (QED) is 0.770. The Labute approximate surface area is 110 Å². The van der Waals surface area contributed by atoms with Crippen LogP contribution in [-0.2, 0) is 6.42 Å². The van der Waals surface area contributed by atoms with Crippen LogP contribution in [0.15, 0.2) is 0 Å². The van der Waals surface area contributed by atoms with E-state index < -0.39 is 0 Å². The van der Waals surface area contributed by atoms with Crippen LogP contribution in [0.3, 0.4) is 0 Å². The van der Waals surface area contributed by atoms with Gasteiger partial charge in [-0.3, -0.25) is 0 Å². The minimum absolute atomic E-state index is 0.380. The van der Waals surface area contributed by atoms with Gasteiger partial charge in [-0.2, -0.15) is 11.8 Å². The van der Waals surface area contributed by atoms with Crippen LogP contribution in [0.4, 0.5) is 0 Å². The normalized spacial score (nSPS) is 20.3. The summed E-state index contributed by atoms with van der Waals surface area (Å²) < 4.78 is 0. The molecule has 5 heteroatoms. The molecule has 1 fully saturated rings. The summed E-state index contributed by atoms with van der Waals surface area (Å²) in [5, 5.41) is 1.44. The highest BCUT2D eigenvalue weighted by Crippen LogP contribution is 2.39. The molecule has 1 atom stereocenters. The van der Waals surface area contributed by atoms with Crippen LogP contribution in [0, 0.1) is 0 Å². The second-order valence-corrected chi connectivity index (χ2v) is 5.92. The molecule has 0 radical (unpaired) electrons. The number of halogens is 2. The molecular weight excluding hydrogens is 263 g/mol. The van der Waals surface area contributed by atoms with Gasteiger partial charge in [-0.1, -0.05) is 36.5 Å². The molecule has 0 bridgehead atoms. The predicted octanol–water partition coefficient (Wildman–Crippen LogP) is 4.30. The van der Waals surface area contributed by atoms with E-state index in [0.29, 0.717) is 15.6 Å². The topological polar surface area (TPSA) is 25.8 Å². The van der Waals surface area contributed by atoms with Gasteiger partial charge in [0.2, 0.25) is 0 Å². The van der Waals surface area contributed by atoms with E-state index >= 15 is 0 Å². The van der Waals surface area contributed by atoms with Gasteiger partial charge in [0.05, 0.1) is 5.25 Å². The van der Waals surface area contributed by atoms with E-state index in [-0.39, 0.29) is 0 Å². The second kappa shape index (κ2) is 5.56. The Morgan fingerprint density at radius 1 is 1.31 bits per heavy atom. The highest BCUT2D eigenvalue weighted by Gasteiger charge is 2.22. The number of hydrogen-bond acceptors (Lipinski definition) is 3. The summed E-state index contributed by atoms with van der Waals surface area (Å²) in [6, 6.07) is 0. The van der Waals surface area contributed by atoms with Crippen LogP contribution >= 0.6 is 35.0 Å². The summed E-state index contributed by atoms with van der Waals surface area (Å²) in [7, 11) is 0. The average Bonchev–Trinajstić information content (AvgIpc) is 2.76. The second-order valence-electron chi connectivity index (χ2n) is 3.89. The van der Waals surface area contributed by atoms with Crippen molar-refractivity contribution in [3.63, 3.8) is 0 Å². The Hall–Kier alpha value is 0.01000. The molecule has 0 amide bonds. The molecule has 0 N–H and O–H groups in total. The maximum Gasteiger partial charge on any atom is 0.144 e. The summed E-state index contributed by atoms with van der Waals surface area (Å²) in [4.78, 5) is 8.77. The van der Waals surface area contributed by atoms with E-state index in [4.69, 9.17) is 23.2 Å². The number of thioether (sulfide) groups is 1. The molecule has 2 nitrogen and oxygen atoms in total. The van der Waals surface area contributed by atoms with Crippen LogP contribution in [-0.4, -0.2) is 15.7 Å². The van der Waals surface area contributed by atoms with Gasteiger partial charge in [-0.15, -0.1) is 0 Å². The van der Waals surface area contributed by atoms with Gasteiger partial charge in [0.25, 0.3) is 0 Å². The lowest BCUT2D eigenvalue weighted by molar-refractivity contribution is 0.769. The molecule has 1 unspecified atom stereocenters. The van der Waals surface area contributed by atoms with Crippen molar-refractivity contribution in [2.24, 2.45) is 0 Å². The Balaban J connectivity index is 2.28. The third-order valence-corrected chi connectivity index (χ3v) is 4.64. The molecule has 0 spiro atoms. The maximum atomic E-state index is 6.15. The van der Waals surface area contributed by atoms with E-state index in [1.165, 1.54) is 12.2 Å². The molecule has 2 heterocycles. The fourth-order valence-electron chi connectivity index (χ4n) is 1.83. The number of hydrogen-bond donors (Lipinski definition) is 0. The van der Waals surface area contributed by atoms with E-state index in [0.717, 1.165) is 30.7 Å². The highest BCUT2D eigenvalue weighted by molar-refractivity contribution is 7.99. The molecule has 0 aromatic carbocycles. The predicted molar refractivity (Wildman–Crippen MR) is 70.5 cm³/mol. The largest absolute Gasteiger partial charge is 0.220 e. The van der Waals surface area contributed by atoms with Crippen molar-refractivity contribution in [3.05, 3.63) is 21.7 Å². The number of rotatable bonds is 3. The zero-order valence-corrected chi connectivity index (χ0v) is 11.5. The molecular formula is C11H14Cl2N2S. The van der Waals surface area contributed by atoms with Gasteiger partial charge >= 0.3 is 0 Å². The van der Waals surface area contributed by atoms with E-state index in [1.54, 1.807) is 0 Å². The van der Waals surface area contributed by atoms with Gasteiger partial charge in [0.1, 0.15) is 16.1 Å². The smallest absolute Gasteiger partial charge is 0.144 e. The van der Waals surface area contributed by atoms with Crippen LogP contribution in [0.25, 0.3) is 0 Å². The minimum atomic E-state index is 0.380. The molecule has 88 valence electrons. The lowest BCUT2D eigenvalue weighted by Crippen LogP contribution is -2.02. The molecule has 1 aliphatic rings. The molecule has 1 saturated heterocycles.